The number of nitrogens with one attached hydrogen (secondary N) is 1. The van der Waals surface area contributed by atoms with Crippen LogP contribution in [-0.2, 0) is 22.4 Å². The minimum Gasteiger partial charge on any atom is -0.375 e. The number of aliphatic imine (C=N–C) groups is 1. The average molecular weight is 407 g/mol. The maximum atomic E-state index is 6.01. The summed E-state index contributed by atoms with van der Waals surface area (Å²) in [5.41, 5.74) is 1.51. The maximum absolute atomic E-state index is 6.01. The molecule has 6 nitrogen and oxygen atoms in total. The monoisotopic (exact) mass is 406 g/mol. The fourth-order valence-electron chi connectivity index (χ4n) is 4.39. The van der Waals surface area contributed by atoms with Crippen molar-refractivity contribution in [3.8, 4) is 0 Å². The van der Waals surface area contributed by atoms with Crippen molar-refractivity contribution in [1.29, 1.82) is 0 Å². The zero-order valence-corrected chi connectivity index (χ0v) is 18.0. The number of thiophene rings is 1. The van der Waals surface area contributed by atoms with Crippen molar-refractivity contribution in [2.45, 2.75) is 57.9 Å². The summed E-state index contributed by atoms with van der Waals surface area (Å²) in [6.45, 7) is 11.7. The Labute approximate surface area is 172 Å². The van der Waals surface area contributed by atoms with Gasteiger partial charge in [-0.2, -0.15) is 0 Å². The first-order valence-corrected chi connectivity index (χ1v) is 11.7. The molecule has 0 spiro atoms. The second-order valence-corrected chi connectivity index (χ2v) is 9.04. The number of rotatable bonds is 5. The van der Waals surface area contributed by atoms with E-state index < -0.39 is 0 Å². The molecular formula is C21H34N4O2S. The lowest BCUT2D eigenvalue weighted by atomic mass is 10.1. The summed E-state index contributed by atoms with van der Waals surface area (Å²) in [7, 11) is 0. The molecule has 4 heterocycles. The van der Waals surface area contributed by atoms with Crippen LogP contribution in [0, 0.1) is 0 Å². The van der Waals surface area contributed by atoms with Gasteiger partial charge in [0, 0.05) is 50.2 Å². The van der Waals surface area contributed by atoms with E-state index in [2.05, 4.69) is 40.4 Å². The highest BCUT2D eigenvalue weighted by Gasteiger charge is 2.32. The SMILES string of the molecule is CCNC(=NCC(C)N1CCc2sccc2C1)N1CCOC(C2CCCO2)C1. The molecule has 2 fully saturated rings. The van der Waals surface area contributed by atoms with Crippen molar-refractivity contribution >= 4 is 17.3 Å². The van der Waals surface area contributed by atoms with Crippen LogP contribution in [0.4, 0.5) is 0 Å². The predicted molar refractivity (Wildman–Crippen MR) is 114 cm³/mol. The average Bonchev–Trinajstić information content (AvgIpc) is 3.42. The molecule has 3 atom stereocenters. The summed E-state index contributed by atoms with van der Waals surface area (Å²) in [5.74, 6) is 1.02. The Hall–Kier alpha value is -1.15. The van der Waals surface area contributed by atoms with Gasteiger partial charge < -0.3 is 19.7 Å². The van der Waals surface area contributed by atoms with E-state index >= 15 is 0 Å². The lowest BCUT2D eigenvalue weighted by Crippen LogP contribution is -2.53. The van der Waals surface area contributed by atoms with Crippen molar-refractivity contribution < 1.29 is 9.47 Å². The molecule has 0 radical (unpaired) electrons. The molecule has 2 saturated heterocycles. The first-order chi connectivity index (χ1) is 13.7. The Morgan fingerprint density at radius 2 is 2.21 bits per heavy atom. The van der Waals surface area contributed by atoms with Crippen molar-refractivity contribution in [2.24, 2.45) is 4.99 Å². The minimum absolute atomic E-state index is 0.164. The summed E-state index contributed by atoms with van der Waals surface area (Å²) in [6, 6.07) is 2.72. The van der Waals surface area contributed by atoms with Crippen LogP contribution in [0.5, 0.6) is 0 Å². The van der Waals surface area contributed by atoms with Crippen molar-refractivity contribution in [3.05, 3.63) is 21.9 Å². The Morgan fingerprint density at radius 1 is 1.32 bits per heavy atom. The topological polar surface area (TPSA) is 49.3 Å². The van der Waals surface area contributed by atoms with Gasteiger partial charge in [-0.1, -0.05) is 0 Å². The summed E-state index contributed by atoms with van der Waals surface area (Å²) in [6.07, 6.45) is 3.85. The largest absolute Gasteiger partial charge is 0.375 e. The van der Waals surface area contributed by atoms with Crippen LogP contribution < -0.4 is 5.32 Å². The fraction of sp³-hybridized carbons (Fsp3) is 0.762. The lowest BCUT2D eigenvalue weighted by Gasteiger charge is -2.37. The lowest BCUT2D eigenvalue weighted by molar-refractivity contribution is -0.0817. The van der Waals surface area contributed by atoms with Gasteiger partial charge in [-0.15, -0.1) is 11.3 Å². The Kier molecular flexibility index (Phi) is 6.88. The van der Waals surface area contributed by atoms with Crippen molar-refractivity contribution in [2.75, 3.05) is 45.9 Å². The standard InChI is InChI=1S/C21H34N4O2S/c1-3-22-21(25-9-11-27-19(15-25)18-5-4-10-26-18)23-13-16(2)24-8-6-20-17(14-24)7-12-28-20/h7,12,16,18-19H,3-6,8-11,13-15H2,1-2H3,(H,22,23). The molecule has 3 aliphatic heterocycles. The smallest absolute Gasteiger partial charge is 0.194 e. The molecule has 1 N–H and O–H groups in total. The Bertz CT molecular complexity index is 659. The van der Waals surface area contributed by atoms with Crippen LogP contribution in [0.3, 0.4) is 0 Å². The first kappa shape index (κ1) is 20.1. The second kappa shape index (κ2) is 9.57. The third kappa shape index (κ3) is 4.70. The van der Waals surface area contributed by atoms with E-state index in [1.165, 1.54) is 12.0 Å². The molecule has 0 aliphatic carbocycles. The molecule has 0 saturated carbocycles. The van der Waals surface area contributed by atoms with Gasteiger partial charge in [0.25, 0.3) is 0 Å². The second-order valence-electron chi connectivity index (χ2n) is 8.04. The van der Waals surface area contributed by atoms with E-state index in [1.54, 1.807) is 4.88 Å². The summed E-state index contributed by atoms with van der Waals surface area (Å²) < 4.78 is 11.9. The van der Waals surface area contributed by atoms with Gasteiger partial charge in [0.2, 0.25) is 0 Å². The molecule has 0 aromatic carbocycles. The molecule has 7 heteroatoms. The van der Waals surface area contributed by atoms with Gasteiger partial charge in [-0.05, 0) is 50.1 Å². The molecule has 3 aliphatic rings. The zero-order chi connectivity index (χ0) is 19.3. The maximum Gasteiger partial charge on any atom is 0.194 e. The van der Waals surface area contributed by atoms with E-state index in [9.17, 15) is 0 Å². The number of hydrogen-bond acceptors (Lipinski definition) is 5. The normalized spacial score (nSPS) is 27.6. The number of morpholine rings is 1. The van der Waals surface area contributed by atoms with Gasteiger partial charge in [-0.25, -0.2) is 0 Å². The van der Waals surface area contributed by atoms with E-state index in [1.807, 2.05) is 11.3 Å². The Balaban J connectivity index is 1.36. The quantitative estimate of drug-likeness (QED) is 0.601. The third-order valence-electron chi connectivity index (χ3n) is 6.07. The predicted octanol–water partition coefficient (Wildman–Crippen LogP) is 2.34. The van der Waals surface area contributed by atoms with Crippen LogP contribution >= 0.6 is 11.3 Å². The van der Waals surface area contributed by atoms with Crippen molar-refractivity contribution in [1.82, 2.24) is 15.1 Å². The van der Waals surface area contributed by atoms with Crippen LogP contribution in [0.2, 0.25) is 0 Å². The van der Waals surface area contributed by atoms with Gasteiger partial charge in [-0.3, -0.25) is 9.89 Å². The highest BCUT2D eigenvalue weighted by molar-refractivity contribution is 7.10. The van der Waals surface area contributed by atoms with Crippen LogP contribution in [0.15, 0.2) is 16.4 Å². The summed E-state index contributed by atoms with van der Waals surface area (Å²) >= 11 is 1.90. The van der Waals surface area contributed by atoms with E-state index in [0.29, 0.717) is 6.04 Å². The minimum atomic E-state index is 0.164. The Morgan fingerprint density at radius 3 is 3.04 bits per heavy atom. The van der Waals surface area contributed by atoms with Gasteiger partial charge in [0.15, 0.2) is 5.96 Å². The third-order valence-corrected chi connectivity index (χ3v) is 7.10. The molecule has 28 heavy (non-hydrogen) atoms. The van der Waals surface area contributed by atoms with E-state index in [-0.39, 0.29) is 12.2 Å². The molecule has 156 valence electrons. The highest BCUT2D eigenvalue weighted by Crippen LogP contribution is 2.25. The molecule has 3 unspecified atom stereocenters. The van der Waals surface area contributed by atoms with Crippen LogP contribution in [0.1, 0.15) is 37.1 Å². The number of nitrogens with zero attached hydrogens (tertiary/aromatic N) is 3. The fourth-order valence-corrected chi connectivity index (χ4v) is 5.28. The molecule has 0 amide bonds. The number of fused-ring (bicyclic) bond motifs is 1. The van der Waals surface area contributed by atoms with Crippen LogP contribution in [-0.4, -0.2) is 79.9 Å². The number of ether oxygens (including phenoxy) is 2. The zero-order valence-electron chi connectivity index (χ0n) is 17.2. The summed E-state index contributed by atoms with van der Waals surface area (Å²) in [5, 5.41) is 5.72. The van der Waals surface area contributed by atoms with Gasteiger partial charge in [0.05, 0.1) is 19.3 Å². The first-order valence-electron chi connectivity index (χ1n) is 10.8. The van der Waals surface area contributed by atoms with Gasteiger partial charge in [0.1, 0.15) is 6.10 Å². The van der Waals surface area contributed by atoms with Crippen molar-refractivity contribution in [3.63, 3.8) is 0 Å². The number of hydrogen-bond donors (Lipinski definition) is 1. The van der Waals surface area contributed by atoms with Gasteiger partial charge >= 0.3 is 0 Å². The number of guanidine groups is 1. The van der Waals surface area contributed by atoms with Crippen LogP contribution in [0.25, 0.3) is 0 Å². The molecule has 1 aromatic rings. The highest BCUT2D eigenvalue weighted by atomic mass is 32.1. The molecule has 0 bridgehead atoms. The summed E-state index contributed by atoms with van der Waals surface area (Å²) in [4.78, 5) is 11.5. The van der Waals surface area contributed by atoms with E-state index in [4.69, 9.17) is 14.5 Å². The molecular weight excluding hydrogens is 372 g/mol. The van der Waals surface area contributed by atoms with E-state index in [0.717, 1.165) is 71.3 Å². The molecule has 1 aromatic heterocycles. The molecule has 4 rings (SSSR count).